The fourth-order valence-electron chi connectivity index (χ4n) is 2.53. The Morgan fingerprint density at radius 1 is 1.46 bits per heavy atom. The second-order valence-corrected chi connectivity index (χ2v) is 6.83. The largest absolute Gasteiger partial charge is 0.465 e. The van der Waals surface area contributed by atoms with Crippen molar-refractivity contribution >= 4 is 29.9 Å². The summed E-state index contributed by atoms with van der Waals surface area (Å²) >= 11 is 7.04. The Morgan fingerprint density at radius 2 is 2.25 bits per heavy atom. The molecule has 24 heavy (non-hydrogen) atoms. The molecule has 3 rings (SSSR count). The van der Waals surface area contributed by atoms with Crippen molar-refractivity contribution in [2.45, 2.75) is 19.6 Å². The van der Waals surface area contributed by atoms with E-state index in [2.05, 4.69) is 5.10 Å². The third-order valence-corrected chi connectivity index (χ3v) is 5.06. The third-order valence-electron chi connectivity index (χ3n) is 3.74. The first-order valence-electron chi connectivity index (χ1n) is 7.81. The lowest BCUT2D eigenvalue weighted by molar-refractivity contribution is -0.149. The lowest BCUT2D eigenvalue weighted by Gasteiger charge is -2.32. The lowest BCUT2D eigenvalue weighted by atomic mass is 10.2. The molecule has 1 fully saturated rings. The minimum absolute atomic E-state index is 0.192. The molecule has 1 aromatic heterocycles. The van der Waals surface area contributed by atoms with E-state index >= 15 is 0 Å². The van der Waals surface area contributed by atoms with E-state index in [1.807, 2.05) is 42.2 Å². The van der Waals surface area contributed by atoms with Crippen molar-refractivity contribution in [2.24, 2.45) is 0 Å². The molecule has 0 bridgehead atoms. The average molecular weight is 365 g/mol. The number of nitrogens with zero attached hydrogens (tertiary/aromatic N) is 3. The fourth-order valence-corrected chi connectivity index (χ4v) is 3.81. The zero-order valence-electron chi connectivity index (χ0n) is 13.4. The standard InChI is InChI=1S/C16H19N3O3S2/c1-2-21-15(20)13-10-24-9-8-18(13)11-19-16(23)22-14(17-19)12-6-4-3-5-7-12/h3-7,13H,2,8-11H2,1H3/t13-/m0/s1. The molecule has 2 aromatic rings. The molecule has 0 unspecified atom stereocenters. The van der Waals surface area contributed by atoms with E-state index < -0.39 is 0 Å². The number of esters is 1. The maximum atomic E-state index is 12.2. The summed E-state index contributed by atoms with van der Waals surface area (Å²) in [5.41, 5.74) is 0.874. The molecule has 0 saturated carbocycles. The third kappa shape index (κ3) is 3.88. The van der Waals surface area contributed by atoms with Crippen LogP contribution in [0.3, 0.4) is 0 Å². The van der Waals surface area contributed by atoms with Gasteiger partial charge in [0.15, 0.2) is 0 Å². The molecule has 0 radical (unpaired) electrons. The van der Waals surface area contributed by atoms with Crippen LogP contribution in [0.4, 0.5) is 0 Å². The van der Waals surface area contributed by atoms with Crippen LogP contribution >= 0.6 is 24.0 Å². The van der Waals surface area contributed by atoms with Crippen LogP contribution in [0.15, 0.2) is 34.7 Å². The molecular weight excluding hydrogens is 346 g/mol. The van der Waals surface area contributed by atoms with E-state index in [4.69, 9.17) is 21.4 Å². The summed E-state index contributed by atoms with van der Waals surface area (Å²) in [5, 5.41) is 4.46. The summed E-state index contributed by atoms with van der Waals surface area (Å²) in [6.45, 7) is 3.40. The van der Waals surface area contributed by atoms with Gasteiger partial charge >= 0.3 is 5.97 Å². The van der Waals surface area contributed by atoms with Gasteiger partial charge in [-0.05, 0) is 31.3 Å². The van der Waals surface area contributed by atoms with Gasteiger partial charge in [-0.3, -0.25) is 9.69 Å². The highest BCUT2D eigenvalue weighted by atomic mass is 32.2. The number of thioether (sulfide) groups is 1. The Balaban J connectivity index is 1.78. The molecule has 1 saturated heterocycles. The normalized spacial score (nSPS) is 18.5. The predicted octanol–water partition coefficient (Wildman–Crippen LogP) is 2.81. The van der Waals surface area contributed by atoms with Gasteiger partial charge in [0.2, 0.25) is 5.89 Å². The summed E-state index contributed by atoms with van der Waals surface area (Å²) < 4.78 is 12.4. The van der Waals surface area contributed by atoms with Crippen molar-refractivity contribution in [1.29, 1.82) is 0 Å². The van der Waals surface area contributed by atoms with Crippen LogP contribution in [0.2, 0.25) is 0 Å². The molecule has 0 N–H and O–H groups in total. The van der Waals surface area contributed by atoms with Gasteiger partial charge in [0, 0.05) is 23.6 Å². The summed E-state index contributed by atoms with van der Waals surface area (Å²) in [4.78, 5) is 14.5. The fraction of sp³-hybridized carbons (Fsp3) is 0.438. The number of carbonyl (C=O) groups excluding carboxylic acids is 1. The molecule has 0 amide bonds. The van der Waals surface area contributed by atoms with Crippen molar-refractivity contribution in [3.05, 3.63) is 35.2 Å². The van der Waals surface area contributed by atoms with Gasteiger partial charge < -0.3 is 9.15 Å². The molecular formula is C16H19N3O3S2. The van der Waals surface area contributed by atoms with Gasteiger partial charge in [-0.2, -0.15) is 11.8 Å². The maximum absolute atomic E-state index is 12.2. The number of carbonyl (C=O) groups is 1. The van der Waals surface area contributed by atoms with Crippen LogP contribution in [0.1, 0.15) is 6.92 Å². The average Bonchev–Trinajstić information content (AvgIpc) is 2.97. The van der Waals surface area contributed by atoms with Crippen LogP contribution < -0.4 is 0 Å². The minimum atomic E-state index is -0.275. The van der Waals surface area contributed by atoms with Crippen LogP contribution in [-0.4, -0.2) is 51.3 Å². The van der Waals surface area contributed by atoms with E-state index in [-0.39, 0.29) is 12.0 Å². The Labute approximate surface area is 149 Å². The first-order chi connectivity index (χ1) is 11.7. The second kappa shape index (κ2) is 7.96. The first kappa shape index (κ1) is 17.2. The Hall–Kier alpha value is -1.64. The minimum Gasteiger partial charge on any atom is -0.465 e. The Kier molecular flexibility index (Phi) is 5.70. The van der Waals surface area contributed by atoms with Crippen molar-refractivity contribution in [3.63, 3.8) is 0 Å². The van der Waals surface area contributed by atoms with E-state index in [1.54, 1.807) is 16.4 Å². The highest BCUT2D eigenvalue weighted by Crippen LogP contribution is 2.21. The summed E-state index contributed by atoms with van der Waals surface area (Å²) in [5.74, 6) is 1.98. The van der Waals surface area contributed by atoms with Gasteiger partial charge in [0.25, 0.3) is 4.84 Å². The van der Waals surface area contributed by atoms with Crippen molar-refractivity contribution in [3.8, 4) is 11.5 Å². The Morgan fingerprint density at radius 3 is 3.00 bits per heavy atom. The predicted molar refractivity (Wildman–Crippen MR) is 95.2 cm³/mol. The molecule has 6 nitrogen and oxygen atoms in total. The van der Waals surface area contributed by atoms with Gasteiger partial charge in [0.05, 0.1) is 13.3 Å². The molecule has 0 aliphatic carbocycles. The first-order valence-corrected chi connectivity index (χ1v) is 9.37. The molecule has 8 heteroatoms. The van der Waals surface area contributed by atoms with E-state index in [9.17, 15) is 4.79 Å². The highest BCUT2D eigenvalue weighted by Gasteiger charge is 2.31. The zero-order chi connectivity index (χ0) is 16.9. The highest BCUT2D eigenvalue weighted by molar-refractivity contribution is 7.99. The van der Waals surface area contributed by atoms with Gasteiger partial charge in [0.1, 0.15) is 6.04 Å². The monoisotopic (exact) mass is 365 g/mol. The summed E-state index contributed by atoms with van der Waals surface area (Å²) in [7, 11) is 0. The molecule has 0 spiro atoms. The lowest BCUT2D eigenvalue weighted by Crippen LogP contribution is -2.48. The number of rotatable bonds is 5. The Bertz CT molecular complexity index is 745. The molecule has 2 heterocycles. The van der Waals surface area contributed by atoms with Gasteiger partial charge in [-0.25, -0.2) is 4.68 Å². The van der Waals surface area contributed by atoms with Crippen LogP contribution in [0.25, 0.3) is 11.5 Å². The number of aromatic nitrogens is 2. The van der Waals surface area contributed by atoms with Gasteiger partial charge in [-0.15, -0.1) is 5.10 Å². The maximum Gasteiger partial charge on any atom is 0.324 e. The summed E-state index contributed by atoms with van der Waals surface area (Å²) in [6, 6.07) is 9.34. The zero-order valence-corrected chi connectivity index (χ0v) is 15.0. The molecule has 1 aliphatic rings. The molecule has 1 aliphatic heterocycles. The van der Waals surface area contributed by atoms with Crippen molar-refractivity contribution in [1.82, 2.24) is 14.7 Å². The quantitative estimate of drug-likeness (QED) is 0.596. The van der Waals surface area contributed by atoms with Crippen molar-refractivity contribution < 1.29 is 13.9 Å². The SMILES string of the molecule is CCOC(=O)[C@@H]1CSCCN1Cn1nc(-c2ccccc2)oc1=S. The summed E-state index contributed by atoms with van der Waals surface area (Å²) in [6.07, 6.45) is 0. The van der Waals surface area contributed by atoms with E-state index in [0.29, 0.717) is 24.0 Å². The van der Waals surface area contributed by atoms with Crippen LogP contribution in [-0.2, 0) is 16.2 Å². The second-order valence-electron chi connectivity index (χ2n) is 5.34. The van der Waals surface area contributed by atoms with Crippen molar-refractivity contribution in [2.75, 3.05) is 24.7 Å². The number of benzene rings is 1. The molecule has 128 valence electrons. The van der Waals surface area contributed by atoms with Crippen LogP contribution in [0, 0.1) is 4.84 Å². The number of ether oxygens (including phenoxy) is 1. The smallest absolute Gasteiger partial charge is 0.324 e. The topological polar surface area (TPSA) is 60.5 Å². The van der Waals surface area contributed by atoms with Crippen LogP contribution in [0.5, 0.6) is 0 Å². The number of hydrogen-bond acceptors (Lipinski definition) is 7. The van der Waals surface area contributed by atoms with E-state index in [0.717, 1.165) is 23.6 Å². The van der Waals surface area contributed by atoms with E-state index in [1.165, 1.54) is 0 Å². The van der Waals surface area contributed by atoms with Gasteiger partial charge in [-0.1, -0.05) is 18.2 Å². The number of hydrogen-bond donors (Lipinski definition) is 0. The molecule has 1 aromatic carbocycles. The molecule has 1 atom stereocenters.